The zero-order valence-corrected chi connectivity index (χ0v) is 14.3. The Morgan fingerprint density at radius 1 is 1.28 bits per heavy atom. The molecule has 1 aliphatic heterocycles. The average Bonchev–Trinajstić information content (AvgIpc) is 3.06. The van der Waals surface area contributed by atoms with E-state index in [0.717, 1.165) is 22.4 Å². The van der Waals surface area contributed by atoms with Crippen LogP contribution >= 0.6 is 0 Å². The van der Waals surface area contributed by atoms with Crippen LogP contribution in [0, 0.1) is 5.41 Å². The molecule has 3 heterocycles. The van der Waals surface area contributed by atoms with Crippen molar-refractivity contribution in [3.63, 3.8) is 0 Å². The van der Waals surface area contributed by atoms with E-state index in [1.54, 1.807) is 11.9 Å². The van der Waals surface area contributed by atoms with E-state index in [0.29, 0.717) is 18.2 Å². The molecular weight excluding hydrogens is 318 g/mol. The van der Waals surface area contributed by atoms with Crippen molar-refractivity contribution in [1.29, 1.82) is 0 Å². The second-order valence-corrected chi connectivity index (χ2v) is 6.81. The standard InChI is InChI=1S/C18H19N5O2/c1-18(2)9-25-14-5-4-11(8-13(14)23(3)17(18)24)22-16-12-6-7-19-15(12)20-10-21-16/h4-8,10H,9H2,1-3H3,(H2,19,20,21,22). The number of nitrogens with one attached hydrogen (secondary N) is 2. The predicted molar refractivity (Wildman–Crippen MR) is 96.3 cm³/mol. The lowest BCUT2D eigenvalue weighted by Crippen LogP contribution is -2.39. The third-order valence-electron chi connectivity index (χ3n) is 4.41. The van der Waals surface area contributed by atoms with Crippen LogP contribution in [0.1, 0.15) is 13.8 Å². The van der Waals surface area contributed by atoms with E-state index in [-0.39, 0.29) is 5.91 Å². The lowest BCUT2D eigenvalue weighted by molar-refractivity contribution is -0.127. The Morgan fingerprint density at radius 3 is 2.96 bits per heavy atom. The number of H-pyrrole nitrogens is 1. The monoisotopic (exact) mass is 337 g/mol. The number of amides is 1. The van der Waals surface area contributed by atoms with Crippen LogP contribution < -0.4 is 15.0 Å². The smallest absolute Gasteiger partial charge is 0.235 e. The minimum absolute atomic E-state index is 0.0264. The average molecular weight is 337 g/mol. The third kappa shape index (κ3) is 2.57. The quantitative estimate of drug-likeness (QED) is 0.751. The number of anilines is 3. The molecule has 3 aromatic rings. The van der Waals surface area contributed by atoms with Crippen LogP contribution in [-0.4, -0.2) is 34.5 Å². The number of aromatic nitrogens is 3. The summed E-state index contributed by atoms with van der Waals surface area (Å²) >= 11 is 0. The number of aromatic amines is 1. The molecule has 1 aliphatic rings. The number of carbonyl (C=O) groups excluding carboxylic acids is 1. The normalized spacial score (nSPS) is 16.3. The highest BCUT2D eigenvalue weighted by molar-refractivity contribution is 5.99. The van der Waals surface area contributed by atoms with Gasteiger partial charge in [0.25, 0.3) is 0 Å². The number of benzene rings is 1. The second kappa shape index (κ2) is 5.47. The number of rotatable bonds is 2. The number of hydrogen-bond acceptors (Lipinski definition) is 5. The van der Waals surface area contributed by atoms with Gasteiger partial charge in [0.1, 0.15) is 30.1 Å². The Hall–Kier alpha value is -3.09. The molecule has 128 valence electrons. The molecule has 7 heteroatoms. The Labute approximate surface area is 145 Å². The number of ether oxygens (including phenoxy) is 1. The molecule has 0 radical (unpaired) electrons. The molecule has 0 saturated heterocycles. The van der Waals surface area contributed by atoms with Crippen LogP contribution in [0.2, 0.25) is 0 Å². The summed E-state index contributed by atoms with van der Waals surface area (Å²) in [4.78, 5) is 25.8. The fourth-order valence-electron chi connectivity index (χ4n) is 2.97. The van der Waals surface area contributed by atoms with Gasteiger partial charge in [0.15, 0.2) is 0 Å². The first-order valence-electron chi connectivity index (χ1n) is 8.06. The molecule has 25 heavy (non-hydrogen) atoms. The number of nitrogens with zero attached hydrogens (tertiary/aromatic N) is 3. The van der Waals surface area contributed by atoms with Gasteiger partial charge in [-0.15, -0.1) is 0 Å². The van der Waals surface area contributed by atoms with Crippen LogP contribution in [0.15, 0.2) is 36.8 Å². The fraction of sp³-hybridized carbons (Fsp3) is 0.278. The van der Waals surface area contributed by atoms with Gasteiger partial charge in [-0.05, 0) is 38.1 Å². The van der Waals surface area contributed by atoms with Crippen molar-refractivity contribution in [2.45, 2.75) is 13.8 Å². The molecule has 0 spiro atoms. The number of fused-ring (bicyclic) bond motifs is 2. The summed E-state index contributed by atoms with van der Waals surface area (Å²) in [5.74, 6) is 1.43. The lowest BCUT2D eigenvalue weighted by atomic mass is 9.93. The van der Waals surface area contributed by atoms with Crippen LogP contribution in [0.3, 0.4) is 0 Å². The summed E-state index contributed by atoms with van der Waals surface area (Å²) in [5.41, 5.74) is 1.76. The number of carbonyl (C=O) groups is 1. The third-order valence-corrected chi connectivity index (χ3v) is 4.41. The Kier molecular flexibility index (Phi) is 3.38. The summed E-state index contributed by atoms with van der Waals surface area (Å²) < 4.78 is 5.85. The van der Waals surface area contributed by atoms with Gasteiger partial charge >= 0.3 is 0 Å². The topological polar surface area (TPSA) is 83.1 Å². The van der Waals surface area contributed by atoms with E-state index < -0.39 is 5.41 Å². The van der Waals surface area contributed by atoms with Gasteiger partial charge in [-0.2, -0.15) is 0 Å². The molecule has 4 rings (SSSR count). The van der Waals surface area contributed by atoms with Crippen molar-refractivity contribution in [1.82, 2.24) is 15.0 Å². The fourth-order valence-corrected chi connectivity index (χ4v) is 2.97. The highest BCUT2D eigenvalue weighted by Crippen LogP contribution is 2.38. The van der Waals surface area contributed by atoms with Gasteiger partial charge in [-0.25, -0.2) is 9.97 Å². The lowest BCUT2D eigenvalue weighted by Gasteiger charge is -2.24. The first kappa shape index (κ1) is 15.4. The summed E-state index contributed by atoms with van der Waals surface area (Å²) in [6.45, 7) is 4.13. The maximum Gasteiger partial charge on any atom is 0.235 e. The van der Waals surface area contributed by atoms with Crippen molar-refractivity contribution < 1.29 is 9.53 Å². The van der Waals surface area contributed by atoms with Crippen molar-refractivity contribution in [2.24, 2.45) is 5.41 Å². The van der Waals surface area contributed by atoms with E-state index >= 15 is 0 Å². The molecule has 1 amide bonds. The van der Waals surface area contributed by atoms with Crippen molar-refractivity contribution in [3.05, 3.63) is 36.8 Å². The van der Waals surface area contributed by atoms with Crippen LogP contribution in [0.4, 0.5) is 17.2 Å². The highest BCUT2D eigenvalue weighted by Gasteiger charge is 2.36. The molecule has 0 atom stereocenters. The minimum atomic E-state index is -0.564. The maximum absolute atomic E-state index is 12.6. The largest absolute Gasteiger partial charge is 0.490 e. The minimum Gasteiger partial charge on any atom is -0.490 e. The Bertz CT molecular complexity index is 963. The molecule has 0 saturated carbocycles. The molecule has 7 nitrogen and oxygen atoms in total. The van der Waals surface area contributed by atoms with Crippen LogP contribution in [0.25, 0.3) is 11.0 Å². The molecule has 0 fully saturated rings. The van der Waals surface area contributed by atoms with Gasteiger partial charge in [-0.1, -0.05) is 0 Å². The summed E-state index contributed by atoms with van der Waals surface area (Å²) in [6.07, 6.45) is 3.33. The Balaban J connectivity index is 1.71. The zero-order chi connectivity index (χ0) is 17.6. The second-order valence-electron chi connectivity index (χ2n) is 6.81. The van der Waals surface area contributed by atoms with Gasteiger partial charge in [0.2, 0.25) is 5.91 Å². The van der Waals surface area contributed by atoms with E-state index in [1.807, 2.05) is 44.3 Å². The van der Waals surface area contributed by atoms with Gasteiger partial charge < -0.3 is 19.9 Å². The van der Waals surface area contributed by atoms with E-state index in [1.165, 1.54) is 6.33 Å². The van der Waals surface area contributed by atoms with Crippen molar-refractivity contribution in [3.8, 4) is 5.75 Å². The number of hydrogen-bond donors (Lipinski definition) is 2. The van der Waals surface area contributed by atoms with Gasteiger partial charge in [0, 0.05) is 18.9 Å². The summed E-state index contributed by atoms with van der Waals surface area (Å²) in [5, 5.41) is 4.20. The zero-order valence-electron chi connectivity index (χ0n) is 14.3. The SMILES string of the molecule is CN1C(=O)C(C)(C)COc2ccc(Nc3ncnc4[nH]ccc34)cc21. The first-order chi connectivity index (χ1) is 12.0. The predicted octanol–water partition coefficient (Wildman–Crippen LogP) is 3.08. The molecule has 0 bridgehead atoms. The molecule has 2 aromatic heterocycles. The van der Waals surface area contributed by atoms with Crippen LogP contribution in [-0.2, 0) is 4.79 Å². The van der Waals surface area contributed by atoms with Gasteiger partial charge in [-0.3, -0.25) is 4.79 Å². The summed E-state index contributed by atoms with van der Waals surface area (Å²) in [6, 6.07) is 7.60. The molecule has 1 aromatic carbocycles. The summed E-state index contributed by atoms with van der Waals surface area (Å²) in [7, 11) is 1.77. The van der Waals surface area contributed by atoms with Crippen molar-refractivity contribution in [2.75, 3.05) is 23.9 Å². The van der Waals surface area contributed by atoms with Crippen molar-refractivity contribution >= 4 is 34.1 Å². The van der Waals surface area contributed by atoms with E-state index in [9.17, 15) is 4.79 Å². The molecule has 0 aliphatic carbocycles. The molecule has 2 N–H and O–H groups in total. The first-order valence-corrected chi connectivity index (χ1v) is 8.06. The highest BCUT2D eigenvalue weighted by atomic mass is 16.5. The Morgan fingerprint density at radius 2 is 2.12 bits per heavy atom. The van der Waals surface area contributed by atoms with Gasteiger partial charge in [0.05, 0.1) is 16.5 Å². The van der Waals surface area contributed by atoms with Crippen LogP contribution in [0.5, 0.6) is 5.75 Å². The maximum atomic E-state index is 12.6. The molecule has 0 unspecified atom stereocenters. The molecular formula is C18H19N5O2. The van der Waals surface area contributed by atoms with E-state index in [4.69, 9.17) is 4.74 Å². The van der Waals surface area contributed by atoms with E-state index in [2.05, 4.69) is 20.3 Å².